The molecule has 0 saturated heterocycles. The molecule has 2 heteroatoms. The molecule has 0 aliphatic carbocycles. The largest absolute Gasteiger partial charge is 0.404 e. The lowest BCUT2D eigenvalue weighted by molar-refractivity contribution is 0.627. The van der Waals surface area contributed by atoms with Crippen LogP contribution in [0.25, 0.3) is 5.57 Å². The van der Waals surface area contributed by atoms with Gasteiger partial charge in [0.2, 0.25) is 0 Å². The maximum absolute atomic E-state index is 12.7. The summed E-state index contributed by atoms with van der Waals surface area (Å²) >= 11 is 0. The quantitative estimate of drug-likeness (QED) is 0.716. The van der Waals surface area contributed by atoms with Crippen LogP contribution in [-0.2, 0) is 0 Å². The molecule has 0 aliphatic rings. The van der Waals surface area contributed by atoms with E-state index in [2.05, 4.69) is 0 Å². The van der Waals surface area contributed by atoms with Crippen molar-refractivity contribution in [3.05, 3.63) is 41.8 Å². The van der Waals surface area contributed by atoms with Crippen LogP contribution in [0.3, 0.4) is 0 Å². The molecule has 1 aromatic rings. The van der Waals surface area contributed by atoms with Crippen molar-refractivity contribution >= 4 is 5.57 Å². The Kier molecular flexibility index (Phi) is 2.86. The second-order valence-electron chi connectivity index (χ2n) is 2.56. The minimum absolute atomic E-state index is 0.222. The molecule has 0 bridgehead atoms. The van der Waals surface area contributed by atoms with E-state index in [1.54, 1.807) is 6.07 Å². The van der Waals surface area contributed by atoms with Gasteiger partial charge >= 0.3 is 0 Å². The number of benzene rings is 1. The summed E-state index contributed by atoms with van der Waals surface area (Å²) in [6, 6.07) is 6.45. The first-order chi connectivity index (χ1) is 5.77. The van der Waals surface area contributed by atoms with Gasteiger partial charge in [0, 0.05) is 0 Å². The summed E-state index contributed by atoms with van der Waals surface area (Å²) in [5.74, 6) is -0.222. The number of hydrogen-bond donors (Lipinski definition) is 1. The van der Waals surface area contributed by atoms with Crippen LogP contribution >= 0.6 is 0 Å². The molecule has 0 atom stereocenters. The zero-order valence-electron chi connectivity index (χ0n) is 7.05. The Hall–Kier alpha value is -1.31. The van der Waals surface area contributed by atoms with E-state index < -0.39 is 0 Å². The highest BCUT2D eigenvalue weighted by atomic mass is 19.1. The van der Waals surface area contributed by atoms with Crippen molar-refractivity contribution in [1.29, 1.82) is 0 Å². The van der Waals surface area contributed by atoms with Gasteiger partial charge in [-0.25, -0.2) is 4.39 Å². The summed E-state index contributed by atoms with van der Waals surface area (Å²) in [4.78, 5) is 0. The summed E-state index contributed by atoms with van der Waals surface area (Å²) in [5.41, 5.74) is 7.21. The second kappa shape index (κ2) is 3.90. The predicted octanol–water partition coefficient (Wildman–Crippen LogP) is 2.54. The van der Waals surface area contributed by atoms with Crippen LogP contribution in [-0.4, -0.2) is 0 Å². The molecule has 2 N–H and O–H groups in total. The van der Waals surface area contributed by atoms with Gasteiger partial charge in [-0.3, -0.25) is 0 Å². The molecular formula is C10H12FN. The maximum atomic E-state index is 12.7. The van der Waals surface area contributed by atoms with Gasteiger partial charge in [0.1, 0.15) is 5.82 Å². The summed E-state index contributed by atoms with van der Waals surface area (Å²) in [7, 11) is 0. The standard InChI is InChI=1S/C10H12FN/c1-2-8(7-12)9-4-3-5-10(11)6-9/h3-7H,2,12H2,1H3/b8-7-. The van der Waals surface area contributed by atoms with Crippen molar-refractivity contribution in [2.75, 3.05) is 0 Å². The number of halogens is 1. The Morgan fingerprint density at radius 2 is 2.33 bits per heavy atom. The van der Waals surface area contributed by atoms with E-state index in [0.717, 1.165) is 17.6 Å². The Bertz CT molecular complexity index is 292. The monoisotopic (exact) mass is 165 g/mol. The average molecular weight is 165 g/mol. The van der Waals surface area contributed by atoms with E-state index in [1.807, 2.05) is 13.0 Å². The molecule has 0 aromatic heterocycles. The van der Waals surface area contributed by atoms with Crippen LogP contribution in [0.4, 0.5) is 4.39 Å². The summed E-state index contributed by atoms with van der Waals surface area (Å²) in [5, 5.41) is 0. The smallest absolute Gasteiger partial charge is 0.123 e. The predicted molar refractivity (Wildman–Crippen MR) is 48.9 cm³/mol. The first-order valence-corrected chi connectivity index (χ1v) is 3.94. The fourth-order valence-electron chi connectivity index (χ4n) is 1.11. The Balaban J connectivity index is 3.02. The van der Waals surface area contributed by atoms with Crippen LogP contribution in [0.1, 0.15) is 18.9 Å². The fraction of sp³-hybridized carbons (Fsp3) is 0.200. The maximum Gasteiger partial charge on any atom is 0.123 e. The van der Waals surface area contributed by atoms with Crippen molar-refractivity contribution in [2.24, 2.45) is 5.73 Å². The third-order valence-corrected chi connectivity index (χ3v) is 1.78. The van der Waals surface area contributed by atoms with E-state index in [1.165, 1.54) is 18.3 Å². The third-order valence-electron chi connectivity index (χ3n) is 1.78. The molecular weight excluding hydrogens is 153 g/mol. The Labute approximate surface area is 71.7 Å². The summed E-state index contributed by atoms with van der Waals surface area (Å²) < 4.78 is 12.7. The molecule has 0 heterocycles. The highest BCUT2D eigenvalue weighted by Gasteiger charge is 1.98. The van der Waals surface area contributed by atoms with Gasteiger partial charge in [-0.05, 0) is 35.9 Å². The Morgan fingerprint density at radius 1 is 1.58 bits per heavy atom. The van der Waals surface area contributed by atoms with Crippen LogP contribution in [0.2, 0.25) is 0 Å². The number of allylic oxidation sites excluding steroid dienone is 1. The van der Waals surface area contributed by atoms with E-state index >= 15 is 0 Å². The first kappa shape index (κ1) is 8.78. The van der Waals surface area contributed by atoms with Crippen LogP contribution in [0, 0.1) is 5.82 Å². The van der Waals surface area contributed by atoms with Crippen LogP contribution in [0.15, 0.2) is 30.5 Å². The minimum Gasteiger partial charge on any atom is -0.404 e. The molecule has 1 nitrogen and oxygen atoms in total. The topological polar surface area (TPSA) is 26.0 Å². The summed E-state index contributed by atoms with van der Waals surface area (Å²) in [6.07, 6.45) is 2.34. The van der Waals surface area contributed by atoms with Crippen molar-refractivity contribution in [2.45, 2.75) is 13.3 Å². The Morgan fingerprint density at radius 3 is 2.83 bits per heavy atom. The van der Waals surface area contributed by atoms with Crippen molar-refractivity contribution in [3.8, 4) is 0 Å². The highest BCUT2D eigenvalue weighted by Crippen LogP contribution is 2.16. The molecule has 0 aliphatic heterocycles. The van der Waals surface area contributed by atoms with E-state index in [-0.39, 0.29) is 5.82 Å². The van der Waals surface area contributed by atoms with Gasteiger partial charge in [-0.15, -0.1) is 0 Å². The molecule has 0 saturated carbocycles. The SMILES string of the molecule is CC/C(=C/N)c1cccc(F)c1. The molecule has 0 radical (unpaired) electrons. The van der Waals surface area contributed by atoms with Crippen LogP contribution < -0.4 is 5.73 Å². The molecule has 1 rings (SSSR count). The van der Waals surface area contributed by atoms with Gasteiger partial charge in [0.15, 0.2) is 0 Å². The number of rotatable bonds is 2. The lowest BCUT2D eigenvalue weighted by Gasteiger charge is -2.02. The highest BCUT2D eigenvalue weighted by molar-refractivity contribution is 5.64. The van der Waals surface area contributed by atoms with E-state index in [4.69, 9.17) is 5.73 Å². The summed E-state index contributed by atoms with van der Waals surface area (Å²) in [6.45, 7) is 1.99. The molecule has 0 unspecified atom stereocenters. The van der Waals surface area contributed by atoms with E-state index in [0.29, 0.717) is 0 Å². The minimum atomic E-state index is -0.222. The second-order valence-corrected chi connectivity index (χ2v) is 2.56. The average Bonchev–Trinajstić information content (AvgIpc) is 2.07. The number of nitrogens with two attached hydrogens (primary N) is 1. The number of hydrogen-bond acceptors (Lipinski definition) is 1. The van der Waals surface area contributed by atoms with Gasteiger partial charge in [-0.1, -0.05) is 19.1 Å². The van der Waals surface area contributed by atoms with E-state index in [9.17, 15) is 4.39 Å². The van der Waals surface area contributed by atoms with Crippen molar-refractivity contribution in [3.63, 3.8) is 0 Å². The lowest BCUT2D eigenvalue weighted by atomic mass is 10.1. The van der Waals surface area contributed by atoms with Crippen molar-refractivity contribution < 1.29 is 4.39 Å². The molecule has 0 fully saturated rings. The molecule has 1 aromatic carbocycles. The van der Waals surface area contributed by atoms with Gasteiger partial charge in [-0.2, -0.15) is 0 Å². The molecule has 0 spiro atoms. The van der Waals surface area contributed by atoms with Gasteiger partial charge in [0.25, 0.3) is 0 Å². The van der Waals surface area contributed by atoms with Crippen molar-refractivity contribution in [1.82, 2.24) is 0 Å². The van der Waals surface area contributed by atoms with Crippen LogP contribution in [0.5, 0.6) is 0 Å². The fourth-order valence-corrected chi connectivity index (χ4v) is 1.11. The van der Waals surface area contributed by atoms with Gasteiger partial charge < -0.3 is 5.73 Å². The zero-order chi connectivity index (χ0) is 8.97. The zero-order valence-corrected chi connectivity index (χ0v) is 7.05. The molecule has 0 amide bonds. The third kappa shape index (κ3) is 1.84. The first-order valence-electron chi connectivity index (χ1n) is 3.94. The normalized spacial score (nSPS) is 11.7. The molecule has 12 heavy (non-hydrogen) atoms. The lowest BCUT2D eigenvalue weighted by Crippen LogP contribution is -1.88. The molecule has 64 valence electrons. The van der Waals surface area contributed by atoms with Gasteiger partial charge in [0.05, 0.1) is 0 Å².